The zero-order chi connectivity index (χ0) is 12.7. The minimum atomic E-state index is -0.522. The topological polar surface area (TPSA) is 52.3 Å². The van der Waals surface area contributed by atoms with Crippen molar-refractivity contribution in [1.29, 1.82) is 0 Å². The van der Waals surface area contributed by atoms with Gasteiger partial charge in [0.05, 0.1) is 12.1 Å². The fourth-order valence-corrected chi connectivity index (χ4v) is 2.16. The zero-order valence-corrected chi connectivity index (χ0v) is 10.2. The molecule has 5 heteroatoms. The molecule has 2 aromatic heterocycles. The molecule has 0 saturated carbocycles. The molecule has 0 spiro atoms. The maximum atomic E-state index is 11.4. The van der Waals surface area contributed by atoms with Crippen LogP contribution in [0.2, 0.25) is 5.02 Å². The summed E-state index contributed by atoms with van der Waals surface area (Å²) in [6.07, 6.45) is 1.65. The first kappa shape index (κ1) is 11.0. The van der Waals surface area contributed by atoms with E-state index in [0.29, 0.717) is 16.1 Å². The molecular weight excluding hydrogens is 254 g/mol. The van der Waals surface area contributed by atoms with Crippen LogP contribution in [0.1, 0.15) is 10.6 Å². The van der Waals surface area contributed by atoms with Gasteiger partial charge in [-0.15, -0.1) is 0 Å². The lowest BCUT2D eigenvalue weighted by molar-refractivity contribution is 0.0568. The van der Waals surface area contributed by atoms with Crippen LogP contribution < -0.4 is 0 Å². The summed E-state index contributed by atoms with van der Waals surface area (Å²) in [6.45, 7) is 0. The lowest BCUT2D eigenvalue weighted by Crippen LogP contribution is -1.97. The Morgan fingerprint density at radius 1 is 1.44 bits per heavy atom. The molecule has 0 fully saturated rings. The van der Waals surface area contributed by atoms with Gasteiger partial charge in [0, 0.05) is 17.0 Å². The van der Waals surface area contributed by atoms with E-state index < -0.39 is 5.97 Å². The molecule has 0 aliphatic rings. The molecule has 0 radical (unpaired) electrons. The van der Waals surface area contributed by atoms with Gasteiger partial charge in [-0.25, -0.2) is 4.79 Å². The first-order valence-corrected chi connectivity index (χ1v) is 5.63. The van der Waals surface area contributed by atoms with Crippen molar-refractivity contribution in [2.24, 2.45) is 0 Å². The summed E-state index contributed by atoms with van der Waals surface area (Å²) < 4.78 is 10.1. The van der Waals surface area contributed by atoms with Crippen molar-refractivity contribution < 1.29 is 13.9 Å². The lowest BCUT2D eigenvalue weighted by atomic mass is 10.1. The number of fused-ring (bicyclic) bond motifs is 3. The standard InChI is InChI=1S/C13H8ClNO3/c1-17-13(16)10-6-7-5-9(14)8-3-2-4-15-11(8)12(7)18-10/h2-6H,1H3. The summed E-state index contributed by atoms with van der Waals surface area (Å²) in [5.41, 5.74) is 1.17. The molecular formula is C13H8ClNO3. The smallest absolute Gasteiger partial charge is 0.373 e. The first-order chi connectivity index (χ1) is 8.70. The maximum absolute atomic E-state index is 11.4. The third-order valence-corrected chi connectivity index (χ3v) is 3.02. The maximum Gasteiger partial charge on any atom is 0.373 e. The predicted octanol–water partition coefficient (Wildman–Crippen LogP) is 3.42. The van der Waals surface area contributed by atoms with Crippen molar-refractivity contribution >= 4 is 39.4 Å². The van der Waals surface area contributed by atoms with Gasteiger partial charge in [0.15, 0.2) is 5.58 Å². The third-order valence-electron chi connectivity index (χ3n) is 2.71. The first-order valence-electron chi connectivity index (χ1n) is 5.26. The Kier molecular flexibility index (Phi) is 2.45. The molecule has 0 atom stereocenters. The van der Waals surface area contributed by atoms with Gasteiger partial charge in [0.25, 0.3) is 0 Å². The molecule has 0 N–H and O–H groups in total. The molecule has 0 aliphatic heterocycles. The van der Waals surface area contributed by atoms with Crippen molar-refractivity contribution in [1.82, 2.24) is 4.98 Å². The van der Waals surface area contributed by atoms with E-state index in [1.165, 1.54) is 7.11 Å². The van der Waals surface area contributed by atoms with Gasteiger partial charge in [-0.3, -0.25) is 4.98 Å². The highest BCUT2D eigenvalue weighted by Crippen LogP contribution is 2.32. The van der Waals surface area contributed by atoms with E-state index in [-0.39, 0.29) is 5.76 Å². The predicted molar refractivity (Wildman–Crippen MR) is 67.9 cm³/mol. The fraction of sp³-hybridized carbons (Fsp3) is 0.0769. The van der Waals surface area contributed by atoms with E-state index in [2.05, 4.69) is 9.72 Å². The Balaban J connectivity index is 2.40. The SMILES string of the molecule is COC(=O)c1cc2cc(Cl)c3cccnc3c2o1. The van der Waals surface area contributed by atoms with Crippen molar-refractivity contribution in [3.05, 3.63) is 41.2 Å². The number of ether oxygens (including phenoxy) is 1. The van der Waals surface area contributed by atoms with Crippen LogP contribution in [0, 0.1) is 0 Å². The minimum absolute atomic E-state index is 0.140. The van der Waals surface area contributed by atoms with E-state index >= 15 is 0 Å². The molecule has 1 aromatic carbocycles. The third kappa shape index (κ3) is 1.54. The molecule has 3 aromatic rings. The summed E-state index contributed by atoms with van der Waals surface area (Å²) in [6, 6.07) is 6.99. The Morgan fingerprint density at radius 3 is 3.06 bits per heavy atom. The number of methoxy groups -OCH3 is 1. The summed E-state index contributed by atoms with van der Waals surface area (Å²) >= 11 is 6.16. The molecule has 3 rings (SSSR count). The van der Waals surface area contributed by atoms with E-state index in [9.17, 15) is 4.79 Å². The Hall–Kier alpha value is -2.07. The summed E-state index contributed by atoms with van der Waals surface area (Å²) in [7, 11) is 1.30. The Labute approximate surface area is 107 Å². The van der Waals surface area contributed by atoms with Gasteiger partial charge in [0.1, 0.15) is 5.52 Å². The highest BCUT2D eigenvalue weighted by molar-refractivity contribution is 6.37. The van der Waals surface area contributed by atoms with Crippen LogP contribution in [0.25, 0.3) is 21.9 Å². The van der Waals surface area contributed by atoms with Crippen LogP contribution in [-0.2, 0) is 4.74 Å². The van der Waals surface area contributed by atoms with Crippen molar-refractivity contribution in [2.75, 3.05) is 7.11 Å². The Bertz CT molecular complexity index is 763. The van der Waals surface area contributed by atoms with Gasteiger partial charge >= 0.3 is 5.97 Å². The average Bonchev–Trinajstić information content (AvgIpc) is 2.82. The zero-order valence-electron chi connectivity index (χ0n) is 9.44. The Morgan fingerprint density at radius 2 is 2.28 bits per heavy atom. The molecule has 0 amide bonds. The summed E-state index contributed by atoms with van der Waals surface area (Å²) in [5, 5.41) is 2.09. The number of esters is 1. The number of furan rings is 1. The largest absolute Gasteiger partial charge is 0.463 e. The van der Waals surface area contributed by atoms with Gasteiger partial charge in [-0.2, -0.15) is 0 Å². The van der Waals surface area contributed by atoms with Gasteiger partial charge in [-0.1, -0.05) is 11.6 Å². The minimum Gasteiger partial charge on any atom is -0.463 e. The monoisotopic (exact) mass is 261 g/mol. The average molecular weight is 262 g/mol. The van der Waals surface area contributed by atoms with E-state index in [1.807, 2.05) is 6.07 Å². The number of halogens is 1. The summed E-state index contributed by atoms with van der Waals surface area (Å²) in [5.74, 6) is -0.381. The van der Waals surface area contributed by atoms with Gasteiger partial charge in [0.2, 0.25) is 5.76 Å². The number of rotatable bonds is 1. The molecule has 2 heterocycles. The molecule has 0 saturated heterocycles. The molecule has 0 bridgehead atoms. The molecule has 90 valence electrons. The summed E-state index contributed by atoms with van der Waals surface area (Å²) in [4.78, 5) is 15.7. The lowest BCUT2D eigenvalue weighted by Gasteiger charge is -1.99. The number of nitrogens with zero attached hydrogens (tertiary/aromatic N) is 1. The number of benzene rings is 1. The van der Waals surface area contributed by atoms with Crippen LogP contribution in [-0.4, -0.2) is 18.1 Å². The molecule has 18 heavy (non-hydrogen) atoms. The molecule has 4 nitrogen and oxygen atoms in total. The van der Waals surface area contributed by atoms with Crippen molar-refractivity contribution in [3.63, 3.8) is 0 Å². The molecule has 0 aliphatic carbocycles. The number of pyridine rings is 1. The number of aromatic nitrogens is 1. The highest BCUT2D eigenvalue weighted by Gasteiger charge is 2.16. The second-order valence-electron chi connectivity index (χ2n) is 3.78. The van der Waals surface area contributed by atoms with Crippen molar-refractivity contribution in [2.45, 2.75) is 0 Å². The van der Waals surface area contributed by atoms with Crippen LogP contribution in [0.4, 0.5) is 0 Å². The fourth-order valence-electron chi connectivity index (χ4n) is 1.89. The van der Waals surface area contributed by atoms with Crippen LogP contribution in [0.3, 0.4) is 0 Å². The molecule has 0 unspecified atom stereocenters. The second kappa shape index (κ2) is 3.99. The van der Waals surface area contributed by atoms with E-state index in [1.54, 1.807) is 24.4 Å². The van der Waals surface area contributed by atoms with Crippen molar-refractivity contribution in [3.8, 4) is 0 Å². The van der Waals surface area contributed by atoms with Crippen LogP contribution >= 0.6 is 11.6 Å². The van der Waals surface area contributed by atoms with E-state index in [4.69, 9.17) is 16.0 Å². The number of carbonyl (C=O) groups excluding carboxylic acids is 1. The number of hydrogen-bond acceptors (Lipinski definition) is 4. The van der Waals surface area contributed by atoms with Gasteiger partial charge in [-0.05, 0) is 24.3 Å². The second-order valence-corrected chi connectivity index (χ2v) is 4.19. The highest BCUT2D eigenvalue weighted by atomic mass is 35.5. The van der Waals surface area contributed by atoms with Gasteiger partial charge < -0.3 is 9.15 Å². The number of carbonyl (C=O) groups is 1. The van der Waals surface area contributed by atoms with Crippen LogP contribution in [0.5, 0.6) is 0 Å². The van der Waals surface area contributed by atoms with Crippen LogP contribution in [0.15, 0.2) is 34.9 Å². The normalized spacial score (nSPS) is 11.0. The van der Waals surface area contributed by atoms with E-state index in [0.717, 1.165) is 10.8 Å². The quantitative estimate of drug-likeness (QED) is 0.630. The number of hydrogen-bond donors (Lipinski definition) is 0.